The van der Waals surface area contributed by atoms with E-state index in [1.165, 1.54) is 0 Å². The summed E-state index contributed by atoms with van der Waals surface area (Å²) in [6.07, 6.45) is 1.41. The number of rotatable bonds is 4. The van der Waals surface area contributed by atoms with Crippen molar-refractivity contribution in [2.24, 2.45) is 0 Å². The van der Waals surface area contributed by atoms with E-state index in [0.717, 1.165) is 6.42 Å². The molecule has 3 heteroatoms. The predicted molar refractivity (Wildman–Crippen MR) is 36.9 cm³/mol. The largest absolute Gasteiger partial charge is 0.366 e. The molecule has 58 valence electrons. The zero-order valence-electron chi connectivity index (χ0n) is 6.17. The van der Waals surface area contributed by atoms with Crippen LogP contribution >= 0.6 is 0 Å². The molecule has 0 saturated carbocycles. The van der Waals surface area contributed by atoms with Gasteiger partial charge in [0.2, 0.25) is 0 Å². The molecule has 0 spiro atoms. The van der Waals surface area contributed by atoms with Crippen molar-refractivity contribution in [3.8, 4) is 6.07 Å². The highest BCUT2D eigenvalue weighted by molar-refractivity contribution is 4.74. The highest BCUT2D eigenvalue weighted by atomic mass is 16.5. The van der Waals surface area contributed by atoms with Crippen LogP contribution in [-0.4, -0.2) is 16.0 Å². The van der Waals surface area contributed by atoms with Gasteiger partial charge in [-0.05, 0) is 0 Å². The Bertz CT molecular complexity index is 126. The van der Waals surface area contributed by atoms with Gasteiger partial charge in [-0.3, -0.25) is 0 Å². The first-order valence-electron chi connectivity index (χ1n) is 3.44. The average Bonchev–Trinajstić information content (AvgIpc) is 1.84. The third-order valence-corrected chi connectivity index (χ3v) is 1.29. The summed E-state index contributed by atoms with van der Waals surface area (Å²) in [7, 11) is 0. The first-order valence-corrected chi connectivity index (χ1v) is 3.44. The van der Waals surface area contributed by atoms with Crippen molar-refractivity contribution in [2.75, 3.05) is 0 Å². The fraction of sp³-hybridized carbons (Fsp3) is 0.857. The van der Waals surface area contributed by atoms with Crippen molar-refractivity contribution in [2.45, 2.75) is 38.4 Å². The molecule has 10 heavy (non-hydrogen) atoms. The molecule has 0 unspecified atom stereocenters. The zero-order valence-corrected chi connectivity index (χ0v) is 6.17. The van der Waals surface area contributed by atoms with Gasteiger partial charge in [0.1, 0.15) is 0 Å². The summed E-state index contributed by atoms with van der Waals surface area (Å²) < 4.78 is 0. The Hall–Kier alpha value is -0.590. The monoisotopic (exact) mass is 143 g/mol. The molecule has 0 saturated heterocycles. The molecule has 0 aromatic heterocycles. The summed E-state index contributed by atoms with van der Waals surface area (Å²) in [5, 5.41) is 26.2. The van der Waals surface area contributed by atoms with Crippen molar-refractivity contribution in [3.05, 3.63) is 0 Å². The molecule has 0 heterocycles. The van der Waals surface area contributed by atoms with Gasteiger partial charge in [0.15, 0.2) is 5.79 Å². The maximum Gasteiger partial charge on any atom is 0.163 e. The Morgan fingerprint density at radius 1 is 1.40 bits per heavy atom. The average molecular weight is 143 g/mol. The fourth-order valence-corrected chi connectivity index (χ4v) is 0.781. The van der Waals surface area contributed by atoms with Crippen LogP contribution in [0.3, 0.4) is 0 Å². The Balaban J connectivity index is 3.54. The molecule has 0 rings (SSSR count). The number of nitrogens with zero attached hydrogens (tertiary/aromatic N) is 1. The van der Waals surface area contributed by atoms with Crippen molar-refractivity contribution < 1.29 is 10.2 Å². The van der Waals surface area contributed by atoms with Gasteiger partial charge in [0, 0.05) is 19.3 Å². The van der Waals surface area contributed by atoms with Gasteiger partial charge in [-0.2, -0.15) is 5.26 Å². The second-order valence-electron chi connectivity index (χ2n) is 2.39. The van der Waals surface area contributed by atoms with Crippen LogP contribution in [0.5, 0.6) is 0 Å². The first kappa shape index (κ1) is 9.41. The molecule has 0 aliphatic rings. The first-order chi connectivity index (χ1) is 4.62. The van der Waals surface area contributed by atoms with E-state index in [4.69, 9.17) is 15.5 Å². The third-order valence-electron chi connectivity index (χ3n) is 1.29. The molecular formula is C7H13NO2. The maximum absolute atomic E-state index is 9.05. The molecule has 0 amide bonds. The molecule has 0 atom stereocenters. The van der Waals surface area contributed by atoms with E-state index in [9.17, 15) is 0 Å². The van der Waals surface area contributed by atoms with Crippen molar-refractivity contribution >= 4 is 0 Å². The second kappa shape index (κ2) is 4.26. The van der Waals surface area contributed by atoms with Crippen LogP contribution in [0, 0.1) is 11.3 Å². The lowest BCUT2D eigenvalue weighted by Crippen LogP contribution is -2.27. The van der Waals surface area contributed by atoms with Gasteiger partial charge in [-0.1, -0.05) is 13.3 Å². The SMILES string of the molecule is CCCC(O)(O)CCC#N. The number of nitriles is 1. The van der Waals surface area contributed by atoms with Crippen LogP contribution < -0.4 is 0 Å². The van der Waals surface area contributed by atoms with E-state index in [1.54, 1.807) is 0 Å². The lowest BCUT2D eigenvalue weighted by Gasteiger charge is -2.18. The summed E-state index contributed by atoms with van der Waals surface area (Å²) in [5.74, 6) is -1.62. The van der Waals surface area contributed by atoms with Crippen molar-refractivity contribution in [1.29, 1.82) is 5.26 Å². The summed E-state index contributed by atoms with van der Waals surface area (Å²) in [6, 6.07) is 1.86. The van der Waals surface area contributed by atoms with E-state index in [2.05, 4.69) is 0 Å². The smallest absolute Gasteiger partial charge is 0.163 e. The Morgan fingerprint density at radius 3 is 2.40 bits per heavy atom. The molecule has 0 aliphatic heterocycles. The van der Waals surface area contributed by atoms with Crippen LogP contribution in [0.4, 0.5) is 0 Å². The molecule has 3 nitrogen and oxygen atoms in total. The zero-order chi connectivity index (χ0) is 8.04. The van der Waals surface area contributed by atoms with Gasteiger partial charge in [0.05, 0.1) is 6.07 Å². The number of aliphatic hydroxyl groups is 2. The van der Waals surface area contributed by atoms with E-state index < -0.39 is 5.79 Å². The number of hydrogen-bond acceptors (Lipinski definition) is 3. The van der Waals surface area contributed by atoms with Gasteiger partial charge >= 0.3 is 0 Å². The lowest BCUT2D eigenvalue weighted by atomic mass is 10.1. The Labute approximate surface area is 60.9 Å². The Morgan fingerprint density at radius 2 is 2.00 bits per heavy atom. The molecule has 0 aromatic carbocycles. The normalized spacial score (nSPS) is 11.0. The van der Waals surface area contributed by atoms with Gasteiger partial charge in [-0.15, -0.1) is 0 Å². The third kappa shape index (κ3) is 4.30. The highest BCUT2D eigenvalue weighted by Gasteiger charge is 2.20. The highest BCUT2D eigenvalue weighted by Crippen LogP contribution is 2.14. The van der Waals surface area contributed by atoms with Crippen LogP contribution in [-0.2, 0) is 0 Å². The standard InChI is InChI=1S/C7H13NO2/c1-2-4-7(9,10)5-3-6-8/h9-10H,2-5H2,1H3. The molecule has 0 aliphatic carbocycles. The van der Waals surface area contributed by atoms with Gasteiger partial charge in [-0.25, -0.2) is 0 Å². The predicted octanol–water partition coefficient (Wildman–Crippen LogP) is 0.771. The summed E-state index contributed by atoms with van der Waals surface area (Å²) in [5.41, 5.74) is 0. The van der Waals surface area contributed by atoms with E-state index in [1.807, 2.05) is 13.0 Å². The fourth-order valence-electron chi connectivity index (χ4n) is 0.781. The van der Waals surface area contributed by atoms with E-state index >= 15 is 0 Å². The number of hydrogen-bond donors (Lipinski definition) is 2. The van der Waals surface area contributed by atoms with Crippen LogP contribution in [0.2, 0.25) is 0 Å². The summed E-state index contributed by atoms with van der Waals surface area (Å²) in [6.45, 7) is 1.87. The molecule has 0 radical (unpaired) electrons. The van der Waals surface area contributed by atoms with E-state index in [-0.39, 0.29) is 12.8 Å². The topological polar surface area (TPSA) is 64.2 Å². The minimum absolute atomic E-state index is 0.150. The van der Waals surface area contributed by atoms with Crippen LogP contribution in [0.15, 0.2) is 0 Å². The van der Waals surface area contributed by atoms with Crippen molar-refractivity contribution in [1.82, 2.24) is 0 Å². The second-order valence-corrected chi connectivity index (χ2v) is 2.39. The minimum Gasteiger partial charge on any atom is -0.366 e. The van der Waals surface area contributed by atoms with Gasteiger partial charge in [0.25, 0.3) is 0 Å². The van der Waals surface area contributed by atoms with Gasteiger partial charge < -0.3 is 10.2 Å². The summed E-state index contributed by atoms with van der Waals surface area (Å²) >= 11 is 0. The van der Waals surface area contributed by atoms with Crippen LogP contribution in [0.1, 0.15) is 32.6 Å². The minimum atomic E-state index is -1.62. The van der Waals surface area contributed by atoms with E-state index in [0.29, 0.717) is 6.42 Å². The molecule has 0 fully saturated rings. The summed E-state index contributed by atoms with van der Waals surface area (Å²) in [4.78, 5) is 0. The lowest BCUT2D eigenvalue weighted by molar-refractivity contribution is -0.169. The maximum atomic E-state index is 9.05. The molecular weight excluding hydrogens is 130 g/mol. The molecule has 0 aromatic rings. The Kier molecular flexibility index (Phi) is 4.01. The molecule has 2 N–H and O–H groups in total. The van der Waals surface area contributed by atoms with Crippen molar-refractivity contribution in [3.63, 3.8) is 0 Å². The molecule has 0 bridgehead atoms. The van der Waals surface area contributed by atoms with Crippen LogP contribution in [0.25, 0.3) is 0 Å². The quantitative estimate of drug-likeness (QED) is 0.571.